The van der Waals surface area contributed by atoms with E-state index in [0.717, 1.165) is 4.70 Å². The predicted octanol–water partition coefficient (Wildman–Crippen LogP) is 4.12. The number of benzene rings is 2. The molecule has 2 heterocycles. The summed E-state index contributed by atoms with van der Waals surface area (Å²) < 4.78 is 5.78. The molecule has 0 spiro atoms. The van der Waals surface area contributed by atoms with Crippen molar-refractivity contribution in [1.82, 2.24) is 4.98 Å². The Morgan fingerprint density at radius 3 is 2.77 bits per heavy atom. The van der Waals surface area contributed by atoms with Crippen molar-refractivity contribution in [3.63, 3.8) is 0 Å². The van der Waals surface area contributed by atoms with Gasteiger partial charge in [-0.2, -0.15) is 0 Å². The van der Waals surface area contributed by atoms with Crippen molar-refractivity contribution < 1.29 is 19.1 Å². The van der Waals surface area contributed by atoms with Crippen molar-refractivity contribution in [2.24, 2.45) is 5.92 Å². The molecule has 1 atom stereocenters. The van der Waals surface area contributed by atoms with Gasteiger partial charge in [-0.25, -0.2) is 9.78 Å². The Bertz CT molecular complexity index is 1130. The summed E-state index contributed by atoms with van der Waals surface area (Å²) >= 11 is 7.17. The van der Waals surface area contributed by atoms with E-state index in [1.54, 1.807) is 54.3 Å². The van der Waals surface area contributed by atoms with Crippen molar-refractivity contribution in [1.29, 1.82) is 0 Å². The van der Waals surface area contributed by atoms with Gasteiger partial charge in [0, 0.05) is 23.7 Å². The summed E-state index contributed by atoms with van der Waals surface area (Å²) in [5.74, 6) is -1.24. The molecular formula is C21H18ClN3O4S. The van der Waals surface area contributed by atoms with Crippen LogP contribution in [0.25, 0.3) is 10.2 Å². The van der Waals surface area contributed by atoms with E-state index < -0.39 is 11.9 Å². The lowest BCUT2D eigenvalue weighted by Gasteiger charge is -2.16. The van der Waals surface area contributed by atoms with E-state index in [0.29, 0.717) is 40.1 Å². The summed E-state index contributed by atoms with van der Waals surface area (Å²) in [5, 5.41) is 3.81. The Hall–Kier alpha value is -2.97. The van der Waals surface area contributed by atoms with Gasteiger partial charge in [0.25, 0.3) is 0 Å². The number of hydrogen-bond donors (Lipinski definition) is 1. The van der Waals surface area contributed by atoms with Gasteiger partial charge in [0.1, 0.15) is 0 Å². The van der Waals surface area contributed by atoms with Crippen molar-refractivity contribution in [3.8, 4) is 0 Å². The lowest BCUT2D eigenvalue weighted by Crippen LogP contribution is -2.28. The van der Waals surface area contributed by atoms with E-state index in [-0.39, 0.29) is 18.2 Å². The van der Waals surface area contributed by atoms with Crippen molar-refractivity contribution in [2.45, 2.75) is 13.3 Å². The minimum Gasteiger partial charge on any atom is -0.462 e. The number of nitrogens with zero attached hydrogens (tertiary/aromatic N) is 2. The van der Waals surface area contributed by atoms with Gasteiger partial charge < -0.3 is 15.0 Å². The fourth-order valence-electron chi connectivity index (χ4n) is 3.28. The van der Waals surface area contributed by atoms with Crippen LogP contribution in [0, 0.1) is 5.92 Å². The van der Waals surface area contributed by atoms with Crippen molar-refractivity contribution in [3.05, 3.63) is 53.1 Å². The number of anilines is 2. The summed E-state index contributed by atoms with van der Waals surface area (Å²) in [6.45, 7) is 2.34. The SMILES string of the molecule is CCOC(=O)c1ccc2nc(NC(=O)C3CC(=O)N(c4ccc(Cl)cc4)C3)sc2c1. The molecule has 1 N–H and O–H groups in total. The molecular weight excluding hydrogens is 426 g/mol. The third kappa shape index (κ3) is 4.15. The third-order valence-electron chi connectivity index (χ3n) is 4.76. The number of hydrogen-bond acceptors (Lipinski definition) is 6. The average molecular weight is 444 g/mol. The standard InChI is InChI=1S/C21H18ClN3O4S/c1-2-29-20(28)12-3-8-16-17(9-12)30-21(23-16)24-19(27)13-10-18(26)25(11-13)15-6-4-14(22)5-7-15/h3-9,13H,2,10-11H2,1H3,(H,23,24,27). The highest BCUT2D eigenvalue weighted by molar-refractivity contribution is 7.22. The third-order valence-corrected chi connectivity index (χ3v) is 5.95. The summed E-state index contributed by atoms with van der Waals surface area (Å²) in [6, 6.07) is 12.0. The Morgan fingerprint density at radius 2 is 2.03 bits per heavy atom. The number of aromatic nitrogens is 1. The van der Waals surface area contributed by atoms with E-state index in [2.05, 4.69) is 10.3 Å². The van der Waals surface area contributed by atoms with Crippen LogP contribution in [0.4, 0.5) is 10.8 Å². The van der Waals surface area contributed by atoms with Gasteiger partial charge in [-0.05, 0) is 49.4 Å². The number of carbonyl (C=O) groups excluding carboxylic acids is 3. The highest BCUT2D eigenvalue weighted by Crippen LogP contribution is 2.30. The molecule has 7 nitrogen and oxygen atoms in total. The zero-order valence-electron chi connectivity index (χ0n) is 16.1. The molecule has 4 rings (SSSR count). The van der Waals surface area contributed by atoms with Crippen molar-refractivity contribution >= 4 is 61.8 Å². The number of carbonyl (C=O) groups is 3. The fourth-order valence-corrected chi connectivity index (χ4v) is 4.31. The maximum Gasteiger partial charge on any atom is 0.338 e. The van der Waals surface area contributed by atoms with E-state index >= 15 is 0 Å². The Morgan fingerprint density at radius 1 is 1.27 bits per heavy atom. The second-order valence-corrected chi connectivity index (χ2v) is 8.26. The van der Waals surface area contributed by atoms with Crippen LogP contribution >= 0.6 is 22.9 Å². The first-order chi connectivity index (χ1) is 14.4. The summed E-state index contributed by atoms with van der Waals surface area (Å²) in [7, 11) is 0. The van der Waals surface area contributed by atoms with Crippen LogP contribution in [-0.4, -0.2) is 35.9 Å². The molecule has 0 saturated carbocycles. The topological polar surface area (TPSA) is 88.6 Å². The Labute approximate surface area is 181 Å². The van der Waals surface area contributed by atoms with Crippen LogP contribution in [-0.2, 0) is 14.3 Å². The fraction of sp³-hybridized carbons (Fsp3) is 0.238. The number of esters is 1. The smallest absolute Gasteiger partial charge is 0.338 e. The Balaban J connectivity index is 1.46. The van der Waals surface area contributed by atoms with Gasteiger partial charge in [0.15, 0.2) is 5.13 Å². The molecule has 1 aromatic heterocycles. The van der Waals surface area contributed by atoms with Crippen molar-refractivity contribution in [2.75, 3.05) is 23.4 Å². The molecule has 0 bridgehead atoms. The zero-order chi connectivity index (χ0) is 21.3. The molecule has 30 heavy (non-hydrogen) atoms. The molecule has 1 fully saturated rings. The highest BCUT2D eigenvalue weighted by Gasteiger charge is 2.35. The average Bonchev–Trinajstić information content (AvgIpc) is 3.31. The van der Waals surface area contributed by atoms with E-state index in [1.165, 1.54) is 11.3 Å². The first kappa shape index (κ1) is 20.3. The monoisotopic (exact) mass is 443 g/mol. The van der Waals surface area contributed by atoms with Crippen LogP contribution in [0.15, 0.2) is 42.5 Å². The Kier molecular flexibility index (Phi) is 5.69. The molecule has 0 radical (unpaired) electrons. The lowest BCUT2D eigenvalue weighted by atomic mass is 10.1. The van der Waals surface area contributed by atoms with E-state index in [1.807, 2.05) is 0 Å². The number of rotatable bonds is 5. The first-order valence-electron chi connectivity index (χ1n) is 9.39. The molecule has 2 aromatic carbocycles. The lowest BCUT2D eigenvalue weighted by molar-refractivity contribution is -0.122. The molecule has 1 saturated heterocycles. The molecule has 154 valence electrons. The number of fused-ring (bicyclic) bond motifs is 1. The summed E-state index contributed by atoms with van der Waals surface area (Å²) in [5.41, 5.74) is 1.82. The van der Waals surface area contributed by atoms with Crippen LogP contribution in [0.5, 0.6) is 0 Å². The quantitative estimate of drug-likeness (QED) is 0.599. The van der Waals surface area contributed by atoms with Gasteiger partial charge in [0.05, 0.1) is 28.3 Å². The molecule has 2 amide bonds. The second-order valence-electron chi connectivity index (χ2n) is 6.79. The number of nitrogens with one attached hydrogen (secondary N) is 1. The molecule has 1 aliphatic rings. The predicted molar refractivity (Wildman–Crippen MR) is 116 cm³/mol. The minimum atomic E-state index is -0.477. The number of ether oxygens (including phenoxy) is 1. The van der Waals surface area contributed by atoms with Gasteiger partial charge in [-0.15, -0.1) is 0 Å². The zero-order valence-corrected chi connectivity index (χ0v) is 17.6. The largest absolute Gasteiger partial charge is 0.462 e. The van der Waals surface area contributed by atoms with E-state index in [9.17, 15) is 14.4 Å². The number of thiazole rings is 1. The molecule has 1 unspecified atom stereocenters. The number of halogens is 1. The van der Waals surface area contributed by atoms with Gasteiger partial charge in [-0.3, -0.25) is 9.59 Å². The maximum absolute atomic E-state index is 12.7. The van der Waals surface area contributed by atoms with E-state index in [4.69, 9.17) is 16.3 Å². The minimum absolute atomic E-state index is 0.110. The second kappa shape index (κ2) is 8.41. The van der Waals surface area contributed by atoms with Crippen LogP contribution < -0.4 is 10.2 Å². The van der Waals surface area contributed by atoms with Gasteiger partial charge in [0.2, 0.25) is 11.8 Å². The molecule has 3 aromatic rings. The highest BCUT2D eigenvalue weighted by atomic mass is 35.5. The normalized spacial score (nSPS) is 16.1. The van der Waals surface area contributed by atoms with Crippen LogP contribution in [0.3, 0.4) is 0 Å². The van der Waals surface area contributed by atoms with Crippen LogP contribution in [0.1, 0.15) is 23.7 Å². The van der Waals surface area contributed by atoms with Crippen LogP contribution in [0.2, 0.25) is 5.02 Å². The molecule has 1 aliphatic heterocycles. The molecule has 9 heteroatoms. The number of amides is 2. The van der Waals surface area contributed by atoms with Gasteiger partial charge >= 0.3 is 5.97 Å². The first-order valence-corrected chi connectivity index (χ1v) is 10.6. The molecule has 0 aliphatic carbocycles. The van der Waals surface area contributed by atoms with Gasteiger partial charge in [-0.1, -0.05) is 22.9 Å². The summed E-state index contributed by atoms with van der Waals surface area (Å²) in [4.78, 5) is 43.0. The summed E-state index contributed by atoms with van der Waals surface area (Å²) in [6.07, 6.45) is 0.131. The maximum atomic E-state index is 12.7.